The molecule has 0 bridgehead atoms. The first-order valence-corrected chi connectivity index (χ1v) is 14.3. The zero-order chi connectivity index (χ0) is 32.2. The monoisotopic (exact) mass is 594 g/mol. The fourth-order valence-electron chi connectivity index (χ4n) is 4.38. The third kappa shape index (κ3) is 7.16. The molecule has 226 valence electrons. The molecule has 4 amide bonds. The van der Waals surface area contributed by atoms with E-state index in [0.717, 1.165) is 9.80 Å². The number of imide groups is 2. The van der Waals surface area contributed by atoms with Gasteiger partial charge in [-0.3, -0.25) is 43.7 Å². The molecule has 1 N–H and O–H groups in total. The number of fused-ring (bicyclic) bond motifs is 2. The molecule has 10 nitrogen and oxygen atoms in total. The SMILES string of the molecule is CC.CC.O=C(CN1C(=O)c2ccccc2C1=O)c1ccccn1.O=C1c2ccccc2C(=O)N1CC(O)c1ccccn1. The summed E-state index contributed by atoms with van der Waals surface area (Å²) < 4.78 is 0. The van der Waals surface area contributed by atoms with E-state index in [4.69, 9.17) is 0 Å². The molecule has 1 unspecified atom stereocenters. The summed E-state index contributed by atoms with van der Waals surface area (Å²) >= 11 is 0. The number of aliphatic hydroxyl groups is 1. The Morgan fingerprint density at radius 2 is 1.02 bits per heavy atom. The zero-order valence-corrected chi connectivity index (χ0v) is 25.0. The van der Waals surface area contributed by atoms with Crippen molar-refractivity contribution in [2.45, 2.75) is 33.8 Å². The zero-order valence-electron chi connectivity index (χ0n) is 25.0. The van der Waals surface area contributed by atoms with Gasteiger partial charge in [-0.25, -0.2) is 0 Å². The average Bonchev–Trinajstić information content (AvgIpc) is 3.48. The van der Waals surface area contributed by atoms with Crippen molar-refractivity contribution in [2.75, 3.05) is 13.1 Å². The van der Waals surface area contributed by atoms with Crippen molar-refractivity contribution in [3.05, 3.63) is 131 Å². The molecule has 0 saturated carbocycles. The molecule has 2 aliphatic heterocycles. The van der Waals surface area contributed by atoms with Crippen LogP contribution in [-0.2, 0) is 0 Å². The summed E-state index contributed by atoms with van der Waals surface area (Å²) in [6, 6.07) is 23.3. The van der Waals surface area contributed by atoms with Crippen molar-refractivity contribution in [1.82, 2.24) is 19.8 Å². The van der Waals surface area contributed by atoms with Crippen molar-refractivity contribution >= 4 is 29.4 Å². The van der Waals surface area contributed by atoms with Gasteiger partial charge in [0.1, 0.15) is 11.8 Å². The molecule has 2 aliphatic rings. The van der Waals surface area contributed by atoms with Crippen LogP contribution < -0.4 is 0 Å². The molecule has 1 atom stereocenters. The van der Waals surface area contributed by atoms with E-state index in [2.05, 4.69) is 9.97 Å². The number of amides is 4. The lowest BCUT2D eigenvalue weighted by atomic mass is 10.1. The molecule has 6 rings (SSSR count). The molecule has 4 aromatic rings. The van der Waals surface area contributed by atoms with E-state index < -0.39 is 17.9 Å². The van der Waals surface area contributed by atoms with E-state index in [1.165, 1.54) is 6.20 Å². The number of aromatic nitrogens is 2. The Bertz CT molecular complexity index is 1560. The maximum Gasteiger partial charge on any atom is 0.261 e. The first kappa shape index (κ1) is 33.2. The first-order valence-electron chi connectivity index (χ1n) is 14.3. The number of carbonyl (C=O) groups excluding carboxylic acids is 5. The van der Waals surface area contributed by atoms with Gasteiger partial charge in [0.05, 0.1) is 41.0 Å². The summed E-state index contributed by atoms with van der Waals surface area (Å²) in [6.45, 7) is 7.62. The normalized spacial score (nSPS) is 13.4. The lowest BCUT2D eigenvalue weighted by Crippen LogP contribution is -2.35. The van der Waals surface area contributed by atoms with Crippen molar-refractivity contribution in [1.29, 1.82) is 0 Å². The van der Waals surface area contributed by atoms with Crippen LogP contribution in [0.5, 0.6) is 0 Å². The lowest BCUT2D eigenvalue weighted by molar-refractivity contribution is 0.0537. The Labute approximate surface area is 256 Å². The van der Waals surface area contributed by atoms with Crippen LogP contribution in [0, 0.1) is 0 Å². The number of aliphatic hydroxyl groups excluding tert-OH is 1. The Morgan fingerprint density at radius 1 is 0.614 bits per heavy atom. The highest BCUT2D eigenvalue weighted by molar-refractivity contribution is 6.23. The van der Waals surface area contributed by atoms with Crippen molar-refractivity contribution in [3.63, 3.8) is 0 Å². The van der Waals surface area contributed by atoms with Crippen LogP contribution in [0.4, 0.5) is 0 Å². The highest BCUT2D eigenvalue weighted by atomic mass is 16.3. The van der Waals surface area contributed by atoms with Gasteiger partial charge in [0.15, 0.2) is 0 Å². The number of β-amino-alcohol motifs (C(OH)–C–C–N with tert-alkyl or cyclic N) is 1. The van der Waals surface area contributed by atoms with Crippen molar-refractivity contribution in [3.8, 4) is 0 Å². The minimum absolute atomic E-state index is 0.0939. The number of ketones is 1. The second-order valence-corrected chi connectivity index (χ2v) is 8.92. The summed E-state index contributed by atoms with van der Waals surface area (Å²) in [4.78, 5) is 70.5. The predicted molar refractivity (Wildman–Crippen MR) is 164 cm³/mol. The summed E-state index contributed by atoms with van der Waals surface area (Å²) in [5.74, 6) is -1.98. The van der Waals surface area contributed by atoms with Gasteiger partial charge in [-0.15, -0.1) is 0 Å². The van der Waals surface area contributed by atoms with E-state index in [9.17, 15) is 29.1 Å². The quantitative estimate of drug-likeness (QED) is 0.243. The largest absolute Gasteiger partial charge is 0.385 e. The van der Waals surface area contributed by atoms with Gasteiger partial charge in [-0.05, 0) is 48.5 Å². The van der Waals surface area contributed by atoms with Crippen LogP contribution >= 0.6 is 0 Å². The van der Waals surface area contributed by atoms with Crippen LogP contribution in [0.3, 0.4) is 0 Å². The van der Waals surface area contributed by atoms with Gasteiger partial charge < -0.3 is 5.11 Å². The van der Waals surface area contributed by atoms with Crippen LogP contribution in [-0.4, -0.2) is 67.4 Å². The highest BCUT2D eigenvalue weighted by Gasteiger charge is 2.37. The minimum Gasteiger partial charge on any atom is -0.385 e. The standard InChI is InChI=1S/C15H12N2O3.C15H10N2O3.2C2H6/c2*18-13(12-7-3-4-8-16-12)9-17-14(19)10-5-1-2-6-11(10)15(17)20;2*1-2/h1-8,13,18H,9H2;1-8H,9H2;2*1-2H3. The number of nitrogens with zero attached hydrogens (tertiary/aromatic N) is 4. The number of pyridine rings is 2. The maximum absolute atomic E-state index is 12.1. The fourth-order valence-corrected chi connectivity index (χ4v) is 4.38. The van der Waals surface area contributed by atoms with Crippen LogP contribution in [0.2, 0.25) is 0 Å². The predicted octanol–water partition coefficient (Wildman–Crippen LogP) is 5.02. The fraction of sp³-hybridized carbons (Fsp3) is 0.206. The molecule has 4 heterocycles. The maximum atomic E-state index is 12.1. The lowest BCUT2D eigenvalue weighted by Gasteiger charge is -2.17. The number of Topliss-reactive ketones (excluding diaryl/α,β-unsaturated/α-hetero) is 1. The third-order valence-corrected chi connectivity index (χ3v) is 6.39. The first-order chi connectivity index (χ1) is 21.4. The molecule has 0 aliphatic carbocycles. The van der Waals surface area contributed by atoms with E-state index in [0.29, 0.717) is 27.9 Å². The molecular weight excluding hydrogens is 560 g/mol. The molecule has 2 aromatic heterocycles. The number of rotatable bonds is 6. The molecule has 10 heteroatoms. The molecule has 0 radical (unpaired) electrons. The second-order valence-electron chi connectivity index (χ2n) is 8.92. The minimum atomic E-state index is -0.988. The van der Waals surface area contributed by atoms with Crippen molar-refractivity contribution < 1.29 is 29.1 Å². The average molecular weight is 595 g/mol. The van der Waals surface area contributed by atoms with Gasteiger partial charge in [-0.1, -0.05) is 64.1 Å². The van der Waals surface area contributed by atoms with E-state index in [-0.39, 0.29) is 36.4 Å². The number of hydrogen-bond acceptors (Lipinski definition) is 8. The summed E-state index contributed by atoms with van der Waals surface area (Å²) in [5, 5.41) is 10.1. The molecular formula is C34H34N4O6. The molecule has 0 fully saturated rings. The molecule has 0 spiro atoms. The molecule has 2 aromatic carbocycles. The number of benzene rings is 2. The Balaban J connectivity index is 0.000000216. The molecule has 44 heavy (non-hydrogen) atoms. The van der Waals surface area contributed by atoms with Gasteiger partial charge in [0.2, 0.25) is 5.78 Å². The van der Waals surface area contributed by atoms with Gasteiger partial charge in [-0.2, -0.15) is 0 Å². The number of hydrogen-bond donors (Lipinski definition) is 1. The second kappa shape index (κ2) is 15.8. The smallest absolute Gasteiger partial charge is 0.261 e. The number of carbonyl (C=O) groups is 5. The van der Waals surface area contributed by atoms with E-state index in [1.807, 2.05) is 27.7 Å². The van der Waals surface area contributed by atoms with Crippen LogP contribution in [0.25, 0.3) is 0 Å². The molecule has 0 saturated heterocycles. The van der Waals surface area contributed by atoms with E-state index >= 15 is 0 Å². The highest BCUT2D eigenvalue weighted by Crippen LogP contribution is 2.25. The van der Waals surface area contributed by atoms with Crippen LogP contribution in [0.1, 0.15) is 91.4 Å². The third-order valence-electron chi connectivity index (χ3n) is 6.39. The Hall–Kier alpha value is -5.35. The van der Waals surface area contributed by atoms with Crippen LogP contribution in [0.15, 0.2) is 97.3 Å². The summed E-state index contributed by atoms with van der Waals surface area (Å²) in [7, 11) is 0. The van der Waals surface area contributed by atoms with E-state index in [1.54, 1.807) is 91.1 Å². The summed E-state index contributed by atoms with van der Waals surface area (Å²) in [5.41, 5.74) is 2.11. The Morgan fingerprint density at radius 3 is 1.43 bits per heavy atom. The van der Waals surface area contributed by atoms with Gasteiger partial charge in [0, 0.05) is 12.4 Å². The topological polar surface area (TPSA) is 138 Å². The summed E-state index contributed by atoms with van der Waals surface area (Å²) in [6.07, 6.45) is 2.06. The Kier molecular flexibility index (Phi) is 11.9. The van der Waals surface area contributed by atoms with Crippen molar-refractivity contribution in [2.24, 2.45) is 0 Å². The van der Waals surface area contributed by atoms with Gasteiger partial charge in [0.25, 0.3) is 23.6 Å². The van der Waals surface area contributed by atoms with Gasteiger partial charge >= 0.3 is 0 Å².